The van der Waals surface area contributed by atoms with Gasteiger partial charge in [0.05, 0.1) is 0 Å². The zero-order chi connectivity index (χ0) is 13.2. The molecule has 0 saturated heterocycles. The molecule has 1 heteroatoms. The zero-order valence-electron chi connectivity index (χ0n) is 12.3. The Hall–Kier alpha value is -0.820. The van der Waals surface area contributed by atoms with E-state index in [4.69, 9.17) is 0 Å². The predicted octanol–water partition coefficient (Wildman–Crippen LogP) is 4.43. The van der Waals surface area contributed by atoms with Crippen molar-refractivity contribution in [3.63, 3.8) is 0 Å². The predicted molar refractivity (Wildman–Crippen MR) is 78.9 cm³/mol. The second-order valence-electron chi connectivity index (χ2n) is 6.38. The molecular formula is C17H27N. The summed E-state index contributed by atoms with van der Waals surface area (Å²) < 4.78 is 0. The first-order valence-corrected chi connectivity index (χ1v) is 7.34. The molecule has 1 nitrogen and oxygen atoms in total. The van der Waals surface area contributed by atoms with Gasteiger partial charge in [-0.3, -0.25) is 0 Å². The van der Waals surface area contributed by atoms with Crippen molar-refractivity contribution in [3.8, 4) is 0 Å². The number of hydrogen-bond donors (Lipinski definition) is 1. The molecule has 0 aliphatic heterocycles. The van der Waals surface area contributed by atoms with E-state index in [-0.39, 0.29) is 0 Å². The summed E-state index contributed by atoms with van der Waals surface area (Å²) in [5.41, 5.74) is 3.19. The van der Waals surface area contributed by atoms with Gasteiger partial charge in [-0.25, -0.2) is 0 Å². The molecule has 1 aromatic rings. The smallest absolute Gasteiger partial charge is 0.0320 e. The molecule has 2 rings (SSSR count). The zero-order valence-corrected chi connectivity index (χ0v) is 12.3. The molecule has 0 aromatic heterocycles. The van der Waals surface area contributed by atoms with Crippen molar-refractivity contribution in [1.82, 2.24) is 5.32 Å². The number of rotatable bonds is 6. The molecule has 0 bridgehead atoms. The summed E-state index contributed by atoms with van der Waals surface area (Å²) >= 11 is 0. The third-order valence-electron chi connectivity index (χ3n) is 4.59. The minimum atomic E-state index is 0.296. The highest BCUT2D eigenvalue weighted by Crippen LogP contribution is 2.38. The normalized spacial score (nSPS) is 17.8. The van der Waals surface area contributed by atoms with Gasteiger partial charge in [0.1, 0.15) is 0 Å². The molecule has 0 amide bonds. The van der Waals surface area contributed by atoms with Crippen LogP contribution in [0.25, 0.3) is 0 Å². The summed E-state index contributed by atoms with van der Waals surface area (Å²) in [6.07, 6.45) is 5.34. The summed E-state index contributed by atoms with van der Waals surface area (Å²) in [6.45, 7) is 6.90. The first-order valence-electron chi connectivity index (χ1n) is 7.34. The molecule has 0 spiro atoms. The Kier molecular flexibility index (Phi) is 4.11. The lowest BCUT2D eigenvalue weighted by Gasteiger charge is -2.24. The Morgan fingerprint density at radius 1 is 1.22 bits per heavy atom. The fraction of sp³-hybridized carbons (Fsp3) is 0.647. The topological polar surface area (TPSA) is 12.0 Å². The SMILES string of the molecule is CCC(C)(C)c1ccc(C(CC2CC2)NC)cc1. The molecule has 0 radical (unpaired) electrons. The van der Waals surface area contributed by atoms with E-state index in [1.165, 1.54) is 36.8 Å². The van der Waals surface area contributed by atoms with Crippen LogP contribution in [0.1, 0.15) is 63.6 Å². The summed E-state index contributed by atoms with van der Waals surface area (Å²) in [6, 6.07) is 9.80. The number of benzene rings is 1. The van der Waals surface area contributed by atoms with Crippen LogP contribution in [0.2, 0.25) is 0 Å². The van der Waals surface area contributed by atoms with E-state index in [1.807, 2.05) is 0 Å². The van der Waals surface area contributed by atoms with Crippen LogP contribution in [0, 0.1) is 5.92 Å². The molecule has 1 saturated carbocycles. The van der Waals surface area contributed by atoms with Crippen molar-refractivity contribution in [2.24, 2.45) is 5.92 Å². The molecular weight excluding hydrogens is 218 g/mol. The molecule has 1 unspecified atom stereocenters. The van der Waals surface area contributed by atoms with E-state index >= 15 is 0 Å². The molecule has 100 valence electrons. The monoisotopic (exact) mass is 245 g/mol. The van der Waals surface area contributed by atoms with Crippen LogP contribution < -0.4 is 5.32 Å². The van der Waals surface area contributed by atoms with Gasteiger partial charge in [0.15, 0.2) is 0 Å². The summed E-state index contributed by atoms with van der Waals surface area (Å²) in [5.74, 6) is 0.967. The maximum atomic E-state index is 3.46. The Balaban J connectivity index is 2.10. The van der Waals surface area contributed by atoms with Gasteiger partial charge in [0.2, 0.25) is 0 Å². The third kappa shape index (κ3) is 3.14. The summed E-state index contributed by atoms with van der Waals surface area (Å²) in [4.78, 5) is 0. The highest BCUT2D eigenvalue weighted by Gasteiger charge is 2.25. The molecule has 1 aromatic carbocycles. The lowest BCUT2D eigenvalue weighted by atomic mass is 9.81. The van der Waals surface area contributed by atoms with Gasteiger partial charge in [0.25, 0.3) is 0 Å². The molecule has 0 heterocycles. The fourth-order valence-electron chi connectivity index (χ4n) is 2.48. The molecule has 1 fully saturated rings. The Bertz CT molecular complexity index is 373. The number of nitrogens with one attached hydrogen (secondary N) is 1. The largest absolute Gasteiger partial charge is 0.313 e. The third-order valence-corrected chi connectivity index (χ3v) is 4.59. The molecule has 1 aliphatic rings. The highest BCUT2D eigenvalue weighted by atomic mass is 14.9. The van der Waals surface area contributed by atoms with Crippen LogP contribution in [0.3, 0.4) is 0 Å². The fourth-order valence-corrected chi connectivity index (χ4v) is 2.48. The molecule has 1 aliphatic carbocycles. The van der Waals surface area contributed by atoms with Crippen molar-refractivity contribution in [1.29, 1.82) is 0 Å². The first kappa shape index (κ1) is 13.6. The quantitative estimate of drug-likeness (QED) is 0.781. The standard InChI is InChI=1S/C17H27N/c1-5-17(2,3)15-10-8-14(9-11-15)16(18-4)12-13-6-7-13/h8-11,13,16,18H,5-7,12H2,1-4H3. The van der Waals surface area contributed by atoms with Crippen LogP contribution in [0.15, 0.2) is 24.3 Å². The highest BCUT2D eigenvalue weighted by molar-refractivity contribution is 5.29. The van der Waals surface area contributed by atoms with E-state index in [0.29, 0.717) is 11.5 Å². The van der Waals surface area contributed by atoms with E-state index in [2.05, 4.69) is 57.4 Å². The summed E-state index contributed by atoms with van der Waals surface area (Å²) in [7, 11) is 2.08. The van der Waals surface area contributed by atoms with Crippen molar-refractivity contribution < 1.29 is 0 Å². The second-order valence-corrected chi connectivity index (χ2v) is 6.38. The average molecular weight is 245 g/mol. The lowest BCUT2D eigenvalue weighted by Crippen LogP contribution is -2.18. The van der Waals surface area contributed by atoms with E-state index in [9.17, 15) is 0 Å². The Labute approximate surface area is 112 Å². The van der Waals surface area contributed by atoms with Gasteiger partial charge in [-0.1, -0.05) is 57.9 Å². The number of hydrogen-bond acceptors (Lipinski definition) is 1. The van der Waals surface area contributed by atoms with Crippen molar-refractivity contribution in [2.45, 2.75) is 57.9 Å². The van der Waals surface area contributed by atoms with Crippen molar-refractivity contribution in [2.75, 3.05) is 7.05 Å². The van der Waals surface area contributed by atoms with Gasteiger partial charge >= 0.3 is 0 Å². The molecule has 18 heavy (non-hydrogen) atoms. The minimum absolute atomic E-state index is 0.296. The lowest BCUT2D eigenvalue weighted by molar-refractivity contribution is 0.501. The van der Waals surface area contributed by atoms with Crippen LogP contribution in [-0.2, 0) is 5.41 Å². The van der Waals surface area contributed by atoms with Crippen LogP contribution in [0.4, 0.5) is 0 Å². The average Bonchev–Trinajstić information content (AvgIpc) is 3.20. The van der Waals surface area contributed by atoms with E-state index < -0.39 is 0 Å². The van der Waals surface area contributed by atoms with Gasteiger partial charge in [-0.15, -0.1) is 0 Å². The Morgan fingerprint density at radius 2 is 1.83 bits per heavy atom. The Morgan fingerprint density at radius 3 is 2.28 bits per heavy atom. The molecule has 1 N–H and O–H groups in total. The van der Waals surface area contributed by atoms with Gasteiger partial charge in [0, 0.05) is 6.04 Å². The van der Waals surface area contributed by atoms with Crippen LogP contribution in [0.5, 0.6) is 0 Å². The van der Waals surface area contributed by atoms with Gasteiger partial charge in [-0.2, -0.15) is 0 Å². The van der Waals surface area contributed by atoms with Crippen LogP contribution in [-0.4, -0.2) is 7.05 Å². The van der Waals surface area contributed by atoms with Gasteiger partial charge in [-0.05, 0) is 42.3 Å². The minimum Gasteiger partial charge on any atom is -0.313 e. The van der Waals surface area contributed by atoms with Crippen molar-refractivity contribution >= 4 is 0 Å². The maximum Gasteiger partial charge on any atom is 0.0320 e. The first-order chi connectivity index (χ1) is 8.56. The van der Waals surface area contributed by atoms with E-state index in [0.717, 1.165) is 5.92 Å². The summed E-state index contributed by atoms with van der Waals surface area (Å²) in [5, 5.41) is 3.46. The van der Waals surface area contributed by atoms with Crippen molar-refractivity contribution in [3.05, 3.63) is 35.4 Å². The van der Waals surface area contributed by atoms with Gasteiger partial charge < -0.3 is 5.32 Å². The van der Waals surface area contributed by atoms with E-state index in [1.54, 1.807) is 0 Å². The maximum absolute atomic E-state index is 3.46. The molecule has 1 atom stereocenters. The van der Waals surface area contributed by atoms with Crippen LogP contribution >= 0.6 is 0 Å². The second kappa shape index (κ2) is 5.44.